The molecule has 2 aromatic rings. The minimum Gasteiger partial charge on any atom is -0.412 e. The first-order valence-corrected chi connectivity index (χ1v) is 8.04. The number of hydrogen-bond acceptors (Lipinski definition) is 1. The van der Waals surface area contributed by atoms with Gasteiger partial charge in [-0.2, -0.15) is 0 Å². The van der Waals surface area contributed by atoms with Crippen molar-refractivity contribution >= 4 is 10.8 Å². The van der Waals surface area contributed by atoms with Gasteiger partial charge in [-0.05, 0) is 55.2 Å². The molecule has 116 valence electrons. The van der Waals surface area contributed by atoms with Crippen molar-refractivity contribution in [1.82, 2.24) is 4.90 Å². The van der Waals surface area contributed by atoms with E-state index in [0.717, 1.165) is 0 Å². The Balaban J connectivity index is 0.00000220. The van der Waals surface area contributed by atoms with Crippen LogP contribution in [0.3, 0.4) is 0 Å². The fourth-order valence-corrected chi connectivity index (χ4v) is 2.88. The number of hydrogen-bond donors (Lipinski definition) is 0. The van der Waals surface area contributed by atoms with Crippen molar-refractivity contribution in [2.45, 2.75) is 39.5 Å². The van der Waals surface area contributed by atoms with Gasteiger partial charge in [-0.15, -0.1) is 0 Å². The summed E-state index contributed by atoms with van der Waals surface area (Å²) in [6.45, 7) is 8.11. The van der Waals surface area contributed by atoms with E-state index in [2.05, 4.69) is 61.2 Å². The molecule has 2 aromatic carbocycles. The summed E-state index contributed by atoms with van der Waals surface area (Å²) in [7, 11) is 0. The van der Waals surface area contributed by atoms with Crippen LogP contribution in [0, 0.1) is 0 Å². The van der Waals surface area contributed by atoms with Crippen LogP contribution in [0.15, 0.2) is 42.5 Å². The largest absolute Gasteiger partial charge is 0.412 e. The van der Waals surface area contributed by atoms with Crippen LogP contribution in [0.1, 0.15) is 38.7 Å². The minimum atomic E-state index is 0. The third-order valence-electron chi connectivity index (χ3n) is 4.19. The van der Waals surface area contributed by atoms with Gasteiger partial charge in [0.25, 0.3) is 0 Å². The highest BCUT2D eigenvalue weighted by Gasteiger charge is 2.01. The Morgan fingerprint density at radius 2 is 1.52 bits per heavy atom. The Kier molecular flexibility index (Phi) is 8.03. The molecular weight excluding hydrogens is 258 g/mol. The Hall–Kier alpha value is -1.38. The van der Waals surface area contributed by atoms with E-state index in [-0.39, 0.29) is 5.48 Å². The van der Waals surface area contributed by atoms with E-state index >= 15 is 0 Å². The zero-order valence-electron chi connectivity index (χ0n) is 13.4. The summed E-state index contributed by atoms with van der Waals surface area (Å²) < 4.78 is 0. The molecule has 0 aliphatic carbocycles. The highest BCUT2D eigenvalue weighted by molar-refractivity contribution is 5.85. The number of nitrogens with zero attached hydrogens (tertiary/aromatic N) is 1. The molecule has 0 atom stereocenters. The molecule has 2 heteroatoms. The molecule has 0 fully saturated rings. The van der Waals surface area contributed by atoms with Gasteiger partial charge in [-0.1, -0.05) is 62.7 Å². The second-order valence-corrected chi connectivity index (χ2v) is 5.48. The van der Waals surface area contributed by atoms with Crippen LogP contribution in [-0.2, 0) is 6.42 Å². The molecule has 0 heterocycles. The minimum absolute atomic E-state index is 0. The van der Waals surface area contributed by atoms with E-state index < -0.39 is 0 Å². The lowest BCUT2D eigenvalue weighted by atomic mass is 10.00. The topological polar surface area (TPSA) is 34.7 Å². The molecule has 0 radical (unpaired) electrons. The van der Waals surface area contributed by atoms with Crippen LogP contribution in [0.5, 0.6) is 0 Å². The van der Waals surface area contributed by atoms with E-state index in [9.17, 15) is 0 Å². The van der Waals surface area contributed by atoms with Gasteiger partial charge in [0.2, 0.25) is 0 Å². The maximum absolute atomic E-state index is 2.51. The smallest absolute Gasteiger partial charge is 0.00190 e. The molecule has 0 saturated carbocycles. The van der Waals surface area contributed by atoms with Crippen molar-refractivity contribution < 1.29 is 5.48 Å². The summed E-state index contributed by atoms with van der Waals surface area (Å²) in [4.78, 5) is 2.51. The zero-order valence-corrected chi connectivity index (χ0v) is 13.4. The Bertz CT molecular complexity index is 514. The first-order valence-electron chi connectivity index (χ1n) is 8.04. The average Bonchev–Trinajstić information content (AvgIpc) is 2.51. The molecule has 0 amide bonds. The molecule has 2 nitrogen and oxygen atoms in total. The number of unbranched alkanes of at least 4 members (excludes halogenated alkanes) is 2. The van der Waals surface area contributed by atoms with Crippen molar-refractivity contribution in [3.8, 4) is 0 Å². The predicted octanol–water partition coefficient (Wildman–Crippen LogP) is 4.07. The fraction of sp³-hybridized carbons (Fsp3) is 0.474. The molecule has 0 saturated heterocycles. The van der Waals surface area contributed by atoms with Gasteiger partial charge in [0.05, 0.1) is 0 Å². The van der Waals surface area contributed by atoms with Crippen LogP contribution < -0.4 is 0 Å². The Morgan fingerprint density at radius 1 is 0.810 bits per heavy atom. The van der Waals surface area contributed by atoms with Crippen LogP contribution in [0.2, 0.25) is 0 Å². The third kappa shape index (κ3) is 5.14. The van der Waals surface area contributed by atoms with Gasteiger partial charge in [0.1, 0.15) is 0 Å². The quantitative estimate of drug-likeness (QED) is 0.674. The second-order valence-electron chi connectivity index (χ2n) is 5.48. The first kappa shape index (κ1) is 17.7. The molecular formula is C19H29NO. The lowest BCUT2D eigenvalue weighted by Crippen LogP contribution is -2.23. The lowest BCUT2D eigenvalue weighted by molar-refractivity contribution is 0.296. The van der Waals surface area contributed by atoms with E-state index in [1.165, 1.54) is 61.7 Å². The zero-order chi connectivity index (χ0) is 14.2. The Labute approximate surface area is 129 Å². The summed E-state index contributed by atoms with van der Waals surface area (Å²) in [5, 5.41) is 2.80. The summed E-state index contributed by atoms with van der Waals surface area (Å²) in [6, 6.07) is 15.4. The van der Waals surface area contributed by atoms with E-state index in [4.69, 9.17) is 0 Å². The highest BCUT2D eigenvalue weighted by Crippen LogP contribution is 2.20. The lowest BCUT2D eigenvalue weighted by Gasteiger charge is -2.17. The number of benzene rings is 2. The molecule has 2 rings (SSSR count). The Morgan fingerprint density at radius 3 is 2.29 bits per heavy atom. The predicted molar refractivity (Wildman–Crippen MR) is 92.9 cm³/mol. The van der Waals surface area contributed by atoms with Gasteiger partial charge in [0.15, 0.2) is 0 Å². The van der Waals surface area contributed by atoms with Crippen molar-refractivity contribution in [1.29, 1.82) is 0 Å². The maximum atomic E-state index is 2.51. The summed E-state index contributed by atoms with van der Waals surface area (Å²) in [6.07, 6.45) is 5.17. The molecule has 2 N–H and O–H groups in total. The van der Waals surface area contributed by atoms with Crippen molar-refractivity contribution in [2.24, 2.45) is 0 Å². The van der Waals surface area contributed by atoms with E-state index in [1.54, 1.807) is 0 Å². The van der Waals surface area contributed by atoms with Crippen molar-refractivity contribution in [3.63, 3.8) is 0 Å². The molecule has 0 spiro atoms. The number of aryl methyl sites for hydroxylation is 1. The standard InChI is InChI=1S/C19H27N.H2O/c1-3-20(4-2)16-9-5-6-11-17-13-10-14-18-12-7-8-15-19(17)18;/h7-8,10,12-15H,3-6,9,11,16H2,1-2H3;1H2. The van der Waals surface area contributed by atoms with E-state index in [1.807, 2.05) is 0 Å². The van der Waals surface area contributed by atoms with E-state index in [0.29, 0.717) is 0 Å². The first-order chi connectivity index (χ1) is 9.85. The summed E-state index contributed by atoms with van der Waals surface area (Å²) in [5.74, 6) is 0. The van der Waals surface area contributed by atoms with Crippen LogP contribution >= 0.6 is 0 Å². The van der Waals surface area contributed by atoms with Gasteiger partial charge in [-0.3, -0.25) is 0 Å². The fourth-order valence-electron chi connectivity index (χ4n) is 2.88. The molecule has 0 unspecified atom stereocenters. The van der Waals surface area contributed by atoms with Crippen LogP contribution in [0.25, 0.3) is 10.8 Å². The third-order valence-corrected chi connectivity index (χ3v) is 4.19. The monoisotopic (exact) mass is 287 g/mol. The van der Waals surface area contributed by atoms with Gasteiger partial charge >= 0.3 is 0 Å². The maximum Gasteiger partial charge on any atom is -0.00190 e. The van der Waals surface area contributed by atoms with Gasteiger partial charge in [-0.25, -0.2) is 0 Å². The van der Waals surface area contributed by atoms with Gasteiger partial charge < -0.3 is 10.4 Å². The molecule has 0 bridgehead atoms. The summed E-state index contributed by atoms with van der Waals surface area (Å²) >= 11 is 0. The van der Waals surface area contributed by atoms with Crippen molar-refractivity contribution in [3.05, 3.63) is 48.0 Å². The van der Waals surface area contributed by atoms with Gasteiger partial charge in [0, 0.05) is 0 Å². The molecule has 0 aromatic heterocycles. The SMILES string of the molecule is CCN(CC)CCCCCc1cccc2ccccc12.O. The average molecular weight is 287 g/mol. The second kappa shape index (κ2) is 9.54. The number of fused-ring (bicyclic) bond motifs is 1. The van der Waals surface area contributed by atoms with Crippen LogP contribution in [-0.4, -0.2) is 30.0 Å². The normalized spacial score (nSPS) is 10.8. The number of rotatable bonds is 8. The van der Waals surface area contributed by atoms with Crippen LogP contribution in [0.4, 0.5) is 0 Å². The highest BCUT2D eigenvalue weighted by atomic mass is 16.0. The molecule has 21 heavy (non-hydrogen) atoms. The molecule has 0 aliphatic rings. The van der Waals surface area contributed by atoms with Crippen molar-refractivity contribution in [2.75, 3.05) is 19.6 Å². The molecule has 0 aliphatic heterocycles. The summed E-state index contributed by atoms with van der Waals surface area (Å²) in [5.41, 5.74) is 1.51.